The number of nitriles is 1. The third-order valence-electron chi connectivity index (χ3n) is 5.49. The van der Waals surface area contributed by atoms with Crippen LogP contribution in [0.3, 0.4) is 0 Å². The quantitative estimate of drug-likeness (QED) is 0.375. The number of hydrogen-bond acceptors (Lipinski definition) is 4. The highest BCUT2D eigenvalue weighted by Gasteiger charge is 2.27. The molecule has 4 rings (SSSR count). The smallest absolute Gasteiger partial charge is 0.387 e. The zero-order chi connectivity index (χ0) is 23.6. The molecule has 0 radical (unpaired) electrons. The maximum Gasteiger partial charge on any atom is 0.387 e. The van der Waals surface area contributed by atoms with E-state index in [2.05, 4.69) is 15.5 Å². The van der Waals surface area contributed by atoms with Crippen molar-refractivity contribution in [3.8, 4) is 23.1 Å². The predicted octanol–water partition coefficient (Wildman–Crippen LogP) is 5.56. The van der Waals surface area contributed by atoms with E-state index in [4.69, 9.17) is 11.6 Å². The van der Waals surface area contributed by atoms with Gasteiger partial charge in [-0.1, -0.05) is 12.1 Å². The van der Waals surface area contributed by atoms with Crippen molar-refractivity contribution in [2.75, 3.05) is 16.4 Å². The molecule has 1 saturated carbocycles. The molecule has 3 aromatic rings. The zero-order valence-corrected chi connectivity index (χ0v) is 19.2. The van der Waals surface area contributed by atoms with Crippen molar-refractivity contribution >= 4 is 38.2 Å². The Kier molecular flexibility index (Phi) is 6.77. The summed E-state index contributed by atoms with van der Waals surface area (Å²) in [6.07, 6.45) is 2.48. The second kappa shape index (κ2) is 9.57. The Morgan fingerprint density at radius 3 is 2.55 bits per heavy atom. The van der Waals surface area contributed by atoms with Crippen LogP contribution in [0.4, 0.5) is 14.5 Å². The third kappa shape index (κ3) is 5.40. The van der Waals surface area contributed by atoms with Crippen LogP contribution in [0.25, 0.3) is 22.2 Å². The standard InChI is InChI=1S/C23H22ClF2N3O3S/c24-10-1-11-33(30,31)28-17-6-4-16(5-7-17)22-20(13-27)19-9-8-18(32-23(25)26)12-21(19)29(22)14-15-2-3-15/h4-9,12,15,23,28H,1-3,10-11,14H2. The lowest BCUT2D eigenvalue weighted by Gasteiger charge is -2.13. The minimum absolute atomic E-state index is 0.0322. The molecule has 1 fully saturated rings. The molecule has 6 nitrogen and oxygen atoms in total. The van der Waals surface area contributed by atoms with Crippen molar-refractivity contribution in [2.24, 2.45) is 5.92 Å². The molecular weight excluding hydrogens is 472 g/mol. The van der Waals surface area contributed by atoms with Crippen molar-refractivity contribution in [1.82, 2.24) is 4.57 Å². The zero-order valence-electron chi connectivity index (χ0n) is 17.6. The Morgan fingerprint density at radius 2 is 1.94 bits per heavy atom. The van der Waals surface area contributed by atoms with Gasteiger partial charge in [0.25, 0.3) is 0 Å². The Bertz CT molecular complexity index is 1300. The van der Waals surface area contributed by atoms with Gasteiger partial charge in [0.1, 0.15) is 11.8 Å². The number of aromatic nitrogens is 1. The lowest BCUT2D eigenvalue weighted by atomic mass is 10.1. The molecule has 0 aliphatic heterocycles. The number of ether oxygens (including phenoxy) is 1. The van der Waals surface area contributed by atoms with Gasteiger partial charge in [-0.2, -0.15) is 14.0 Å². The molecule has 33 heavy (non-hydrogen) atoms. The number of hydrogen-bond donors (Lipinski definition) is 1. The molecule has 0 unspecified atom stereocenters. The lowest BCUT2D eigenvalue weighted by molar-refractivity contribution is -0.0497. The van der Waals surface area contributed by atoms with E-state index in [-0.39, 0.29) is 17.4 Å². The van der Waals surface area contributed by atoms with Gasteiger partial charge in [-0.15, -0.1) is 11.6 Å². The summed E-state index contributed by atoms with van der Waals surface area (Å²) in [6, 6.07) is 13.6. The molecule has 0 spiro atoms. The third-order valence-corrected chi connectivity index (χ3v) is 7.13. The molecule has 2 aromatic carbocycles. The van der Waals surface area contributed by atoms with Gasteiger partial charge in [-0.25, -0.2) is 8.42 Å². The fourth-order valence-electron chi connectivity index (χ4n) is 3.84. The van der Waals surface area contributed by atoms with Gasteiger partial charge in [0.15, 0.2) is 0 Å². The first-order valence-corrected chi connectivity index (χ1v) is 12.7. The van der Waals surface area contributed by atoms with E-state index in [0.29, 0.717) is 46.7 Å². The van der Waals surface area contributed by atoms with Gasteiger partial charge in [0, 0.05) is 29.6 Å². The molecule has 1 heterocycles. The minimum Gasteiger partial charge on any atom is -0.435 e. The van der Waals surface area contributed by atoms with Crippen molar-refractivity contribution in [3.63, 3.8) is 0 Å². The molecule has 0 bridgehead atoms. The van der Waals surface area contributed by atoms with E-state index in [1.807, 2.05) is 4.57 Å². The summed E-state index contributed by atoms with van der Waals surface area (Å²) in [5, 5.41) is 10.6. The normalized spacial score (nSPS) is 13.9. The molecule has 174 valence electrons. The molecule has 1 aromatic heterocycles. The fraction of sp³-hybridized carbons (Fsp3) is 0.348. The van der Waals surface area contributed by atoms with Gasteiger partial charge in [-0.05, 0) is 55.0 Å². The van der Waals surface area contributed by atoms with E-state index >= 15 is 0 Å². The monoisotopic (exact) mass is 493 g/mol. The van der Waals surface area contributed by atoms with E-state index in [1.165, 1.54) is 12.1 Å². The number of halogens is 3. The van der Waals surface area contributed by atoms with Crippen LogP contribution in [0.5, 0.6) is 5.75 Å². The second-order valence-corrected chi connectivity index (χ2v) is 10.2. The lowest BCUT2D eigenvalue weighted by Crippen LogP contribution is -2.16. The first kappa shape index (κ1) is 23.3. The van der Waals surface area contributed by atoms with Crippen LogP contribution >= 0.6 is 11.6 Å². The van der Waals surface area contributed by atoms with Crippen LogP contribution in [0.2, 0.25) is 0 Å². The van der Waals surface area contributed by atoms with E-state index in [0.717, 1.165) is 18.4 Å². The van der Waals surface area contributed by atoms with E-state index in [9.17, 15) is 22.5 Å². The van der Waals surface area contributed by atoms with Crippen molar-refractivity contribution in [1.29, 1.82) is 5.26 Å². The molecule has 0 amide bonds. The van der Waals surface area contributed by atoms with E-state index in [1.54, 1.807) is 30.3 Å². The van der Waals surface area contributed by atoms with Crippen LogP contribution in [0.1, 0.15) is 24.8 Å². The highest BCUT2D eigenvalue weighted by atomic mass is 35.5. The molecule has 1 aliphatic rings. The summed E-state index contributed by atoms with van der Waals surface area (Å²) < 4.78 is 58.8. The Hall–Kier alpha value is -2.83. The molecule has 10 heteroatoms. The molecule has 1 aliphatic carbocycles. The van der Waals surface area contributed by atoms with Crippen LogP contribution in [-0.4, -0.2) is 31.2 Å². The van der Waals surface area contributed by atoms with Gasteiger partial charge < -0.3 is 9.30 Å². The largest absolute Gasteiger partial charge is 0.435 e. The SMILES string of the molecule is N#Cc1c(-c2ccc(NS(=O)(=O)CCCCl)cc2)n(CC2CC2)c2cc(OC(F)F)ccc12. The average Bonchev–Trinajstić information content (AvgIpc) is 3.54. The summed E-state index contributed by atoms with van der Waals surface area (Å²) in [5.41, 5.74) is 2.89. The molecule has 1 N–H and O–H groups in total. The Morgan fingerprint density at radius 1 is 1.21 bits per heavy atom. The van der Waals surface area contributed by atoms with Gasteiger partial charge in [0.2, 0.25) is 10.0 Å². The molecule has 0 saturated heterocycles. The number of rotatable bonds is 10. The number of nitrogens with zero attached hydrogens (tertiary/aromatic N) is 2. The maximum atomic E-state index is 12.7. The fourth-order valence-corrected chi connectivity index (χ4v) is 5.25. The highest BCUT2D eigenvalue weighted by molar-refractivity contribution is 7.92. The summed E-state index contributed by atoms with van der Waals surface area (Å²) in [4.78, 5) is 0. The highest BCUT2D eigenvalue weighted by Crippen LogP contribution is 2.40. The average molecular weight is 494 g/mol. The van der Waals surface area contributed by atoms with Gasteiger partial charge >= 0.3 is 6.61 Å². The summed E-state index contributed by atoms with van der Waals surface area (Å²) >= 11 is 5.58. The van der Waals surface area contributed by atoms with Crippen LogP contribution in [-0.2, 0) is 16.6 Å². The first-order valence-electron chi connectivity index (χ1n) is 10.5. The predicted molar refractivity (Wildman–Crippen MR) is 124 cm³/mol. The van der Waals surface area contributed by atoms with Crippen LogP contribution in [0.15, 0.2) is 42.5 Å². The first-order chi connectivity index (χ1) is 15.8. The Balaban J connectivity index is 1.75. The van der Waals surface area contributed by atoms with Crippen molar-refractivity contribution < 1.29 is 21.9 Å². The summed E-state index contributed by atoms with van der Waals surface area (Å²) in [6.45, 7) is -2.29. The van der Waals surface area contributed by atoms with E-state index < -0.39 is 16.6 Å². The number of sulfonamides is 1. The minimum atomic E-state index is -3.51. The number of benzene rings is 2. The van der Waals surface area contributed by atoms with Gasteiger partial charge in [0.05, 0.1) is 22.5 Å². The van der Waals surface area contributed by atoms with Crippen molar-refractivity contribution in [3.05, 3.63) is 48.0 Å². The maximum absolute atomic E-state index is 12.7. The van der Waals surface area contributed by atoms with Gasteiger partial charge in [-0.3, -0.25) is 4.72 Å². The summed E-state index contributed by atoms with van der Waals surface area (Å²) in [7, 11) is -3.51. The second-order valence-electron chi connectivity index (χ2n) is 7.99. The number of alkyl halides is 3. The topological polar surface area (TPSA) is 84.1 Å². The van der Waals surface area contributed by atoms with Crippen molar-refractivity contribution in [2.45, 2.75) is 32.4 Å². The number of fused-ring (bicyclic) bond motifs is 1. The molecular formula is C23H22ClF2N3O3S. The molecule has 0 atom stereocenters. The summed E-state index contributed by atoms with van der Waals surface area (Å²) in [5.74, 6) is 0.672. The number of nitrogens with one attached hydrogen (secondary N) is 1. The Labute approximate surface area is 195 Å². The van der Waals surface area contributed by atoms with Crippen LogP contribution < -0.4 is 9.46 Å². The van der Waals surface area contributed by atoms with Crippen LogP contribution in [0, 0.1) is 17.2 Å². The number of anilines is 1.